The first kappa shape index (κ1) is 15.7. The average molecular weight is 329 g/mol. The van der Waals surface area contributed by atoms with E-state index in [2.05, 4.69) is 15.6 Å². The van der Waals surface area contributed by atoms with E-state index in [0.29, 0.717) is 11.7 Å². The van der Waals surface area contributed by atoms with Gasteiger partial charge in [0.2, 0.25) is 5.89 Å². The molecule has 0 saturated heterocycles. The number of hydrogen-bond acceptors (Lipinski definition) is 3. The van der Waals surface area contributed by atoms with Gasteiger partial charge >= 0.3 is 6.03 Å². The van der Waals surface area contributed by atoms with E-state index in [4.69, 9.17) is 4.42 Å². The topological polar surface area (TPSA) is 67.2 Å². The van der Waals surface area contributed by atoms with Gasteiger partial charge in [0.05, 0.1) is 12.7 Å². The molecular weight excluding hydrogens is 316 g/mol. The highest BCUT2D eigenvalue weighted by Crippen LogP contribution is 2.19. The Balaban J connectivity index is 1.58. The molecule has 0 fully saturated rings. The molecule has 0 aliphatic carbocycles. The third-order valence-corrected chi connectivity index (χ3v) is 3.13. The van der Waals surface area contributed by atoms with Crippen LogP contribution in [0.4, 0.5) is 19.3 Å². The molecule has 0 bridgehead atoms. The largest absolute Gasteiger partial charge is 0.439 e. The number of anilines is 1. The Hall–Kier alpha value is -3.22. The highest BCUT2D eigenvalue weighted by atomic mass is 19.1. The second kappa shape index (κ2) is 6.91. The fourth-order valence-corrected chi connectivity index (χ4v) is 2.09. The lowest BCUT2D eigenvalue weighted by atomic mass is 10.2. The van der Waals surface area contributed by atoms with Gasteiger partial charge in [-0.2, -0.15) is 0 Å². The summed E-state index contributed by atoms with van der Waals surface area (Å²) in [5.74, 6) is -0.648. The van der Waals surface area contributed by atoms with E-state index < -0.39 is 17.7 Å². The Labute approximate surface area is 136 Å². The zero-order valence-electron chi connectivity index (χ0n) is 12.4. The number of oxazole rings is 1. The van der Waals surface area contributed by atoms with E-state index in [9.17, 15) is 13.6 Å². The molecule has 2 aromatic carbocycles. The van der Waals surface area contributed by atoms with Crippen molar-refractivity contribution >= 4 is 11.7 Å². The monoisotopic (exact) mass is 329 g/mol. The van der Waals surface area contributed by atoms with Crippen LogP contribution in [0, 0.1) is 11.6 Å². The number of nitrogens with zero attached hydrogens (tertiary/aromatic N) is 1. The number of hydrogen-bond donors (Lipinski definition) is 2. The first-order valence-corrected chi connectivity index (χ1v) is 7.11. The molecule has 2 N–H and O–H groups in total. The Morgan fingerprint density at radius 2 is 1.79 bits per heavy atom. The molecule has 1 aromatic heterocycles. The molecule has 122 valence electrons. The maximum absolute atomic E-state index is 13.1. The predicted octanol–water partition coefficient (Wildman–Crippen LogP) is 3.94. The third-order valence-electron chi connectivity index (χ3n) is 3.13. The number of rotatable bonds is 4. The maximum atomic E-state index is 13.1. The van der Waals surface area contributed by atoms with Crippen molar-refractivity contribution in [2.75, 3.05) is 5.32 Å². The molecular formula is C17H13F2N3O2. The lowest BCUT2D eigenvalue weighted by Crippen LogP contribution is -2.28. The number of aromatic nitrogens is 1. The number of nitrogens with one attached hydrogen (secondary N) is 2. The second-order valence-electron chi connectivity index (χ2n) is 4.95. The van der Waals surface area contributed by atoms with Crippen molar-refractivity contribution in [1.29, 1.82) is 0 Å². The summed E-state index contributed by atoms with van der Waals surface area (Å²) in [6, 6.07) is 11.5. The van der Waals surface area contributed by atoms with Gasteiger partial charge in [0, 0.05) is 17.3 Å². The van der Waals surface area contributed by atoms with Crippen LogP contribution in [0.3, 0.4) is 0 Å². The lowest BCUT2D eigenvalue weighted by molar-refractivity contribution is 0.250. The number of carbonyl (C=O) groups excluding carboxylic acids is 1. The van der Waals surface area contributed by atoms with Crippen molar-refractivity contribution in [3.63, 3.8) is 0 Å². The van der Waals surface area contributed by atoms with Crippen LogP contribution < -0.4 is 10.6 Å². The molecule has 3 aromatic rings. The van der Waals surface area contributed by atoms with Crippen LogP contribution in [-0.4, -0.2) is 11.0 Å². The van der Waals surface area contributed by atoms with Gasteiger partial charge in [-0.1, -0.05) is 30.3 Å². The highest BCUT2D eigenvalue weighted by Gasteiger charge is 2.09. The summed E-state index contributed by atoms with van der Waals surface area (Å²) in [6.45, 7) is 0.0382. The summed E-state index contributed by atoms with van der Waals surface area (Å²) in [5, 5.41) is 4.83. The van der Waals surface area contributed by atoms with Gasteiger partial charge in [-0.05, 0) is 12.1 Å². The number of benzene rings is 2. The summed E-state index contributed by atoms with van der Waals surface area (Å²) >= 11 is 0. The first-order chi connectivity index (χ1) is 11.6. The minimum atomic E-state index is -0.773. The molecule has 0 spiro atoms. The van der Waals surface area contributed by atoms with Crippen LogP contribution in [0.2, 0.25) is 0 Å². The van der Waals surface area contributed by atoms with Crippen LogP contribution in [0.15, 0.2) is 59.1 Å². The summed E-state index contributed by atoms with van der Waals surface area (Å²) in [6.07, 6.45) is 1.56. The normalized spacial score (nSPS) is 10.4. The molecule has 2 amide bonds. The van der Waals surface area contributed by atoms with Gasteiger partial charge in [-0.15, -0.1) is 0 Å². The number of halogens is 2. The van der Waals surface area contributed by atoms with Gasteiger partial charge in [0.15, 0.2) is 5.76 Å². The molecule has 0 radical (unpaired) electrons. The summed E-state index contributed by atoms with van der Waals surface area (Å²) < 4.78 is 31.6. The fourth-order valence-electron chi connectivity index (χ4n) is 2.09. The molecule has 0 aliphatic rings. The maximum Gasteiger partial charge on any atom is 0.319 e. The molecule has 7 heteroatoms. The van der Waals surface area contributed by atoms with Crippen molar-refractivity contribution in [1.82, 2.24) is 10.3 Å². The van der Waals surface area contributed by atoms with E-state index >= 15 is 0 Å². The van der Waals surface area contributed by atoms with E-state index in [1.165, 1.54) is 0 Å². The first-order valence-electron chi connectivity index (χ1n) is 7.11. The van der Waals surface area contributed by atoms with Gasteiger partial charge in [0.1, 0.15) is 11.6 Å². The minimum absolute atomic E-state index is 0.0161. The smallest absolute Gasteiger partial charge is 0.319 e. The van der Waals surface area contributed by atoms with E-state index in [1.54, 1.807) is 6.20 Å². The molecule has 1 heterocycles. The third kappa shape index (κ3) is 3.95. The Morgan fingerprint density at radius 3 is 2.50 bits per heavy atom. The van der Waals surface area contributed by atoms with Crippen LogP contribution in [0.25, 0.3) is 11.3 Å². The van der Waals surface area contributed by atoms with Crippen molar-refractivity contribution in [2.45, 2.75) is 6.54 Å². The quantitative estimate of drug-likeness (QED) is 0.762. The van der Waals surface area contributed by atoms with Crippen LogP contribution in [0.5, 0.6) is 0 Å². The van der Waals surface area contributed by atoms with Gasteiger partial charge in [0.25, 0.3) is 0 Å². The van der Waals surface area contributed by atoms with Crippen molar-refractivity contribution < 1.29 is 18.0 Å². The van der Waals surface area contributed by atoms with Crippen LogP contribution >= 0.6 is 0 Å². The Kier molecular flexibility index (Phi) is 4.51. The molecule has 3 rings (SSSR count). The van der Waals surface area contributed by atoms with Crippen molar-refractivity contribution in [2.24, 2.45) is 0 Å². The van der Waals surface area contributed by atoms with Crippen molar-refractivity contribution in [3.05, 3.63) is 72.3 Å². The molecule has 24 heavy (non-hydrogen) atoms. The summed E-state index contributed by atoms with van der Waals surface area (Å²) in [7, 11) is 0. The molecule has 0 saturated carbocycles. The lowest BCUT2D eigenvalue weighted by Gasteiger charge is -2.06. The van der Waals surface area contributed by atoms with Gasteiger partial charge in [-0.3, -0.25) is 0 Å². The predicted molar refractivity (Wildman–Crippen MR) is 84.2 cm³/mol. The van der Waals surface area contributed by atoms with Crippen LogP contribution in [-0.2, 0) is 6.54 Å². The molecule has 5 nitrogen and oxygen atoms in total. The van der Waals surface area contributed by atoms with Gasteiger partial charge < -0.3 is 15.1 Å². The van der Waals surface area contributed by atoms with E-state index in [1.807, 2.05) is 30.3 Å². The second-order valence-corrected chi connectivity index (χ2v) is 4.95. The standard InChI is InChI=1S/C17H13F2N3O2/c18-12-6-13(19)8-14(7-12)22-17(23)21-10-16-20-9-15(24-16)11-4-2-1-3-5-11/h1-9H,10H2,(H2,21,22,23). The summed E-state index contributed by atoms with van der Waals surface area (Å²) in [5.41, 5.74) is 0.887. The van der Waals surface area contributed by atoms with Gasteiger partial charge in [-0.25, -0.2) is 18.6 Å². The fraction of sp³-hybridized carbons (Fsp3) is 0.0588. The molecule has 0 atom stereocenters. The SMILES string of the molecule is O=C(NCc1ncc(-c2ccccc2)o1)Nc1cc(F)cc(F)c1. The van der Waals surface area contributed by atoms with E-state index in [-0.39, 0.29) is 12.2 Å². The average Bonchev–Trinajstić information content (AvgIpc) is 3.02. The number of carbonyl (C=O) groups is 1. The van der Waals surface area contributed by atoms with E-state index in [0.717, 1.165) is 23.8 Å². The zero-order valence-corrected chi connectivity index (χ0v) is 12.4. The Morgan fingerprint density at radius 1 is 1.08 bits per heavy atom. The number of amides is 2. The molecule has 0 aliphatic heterocycles. The van der Waals surface area contributed by atoms with Crippen molar-refractivity contribution in [3.8, 4) is 11.3 Å². The molecule has 0 unspecified atom stereocenters. The Bertz CT molecular complexity index is 830. The van der Waals surface area contributed by atoms with Crippen LogP contribution in [0.1, 0.15) is 5.89 Å². The minimum Gasteiger partial charge on any atom is -0.439 e. The zero-order chi connectivity index (χ0) is 16.9. The highest BCUT2D eigenvalue weighted by molar-refractivity contribution is 5.89. The number of urea groups is 1. The summed E-state index contributed by atoms with van der Waals surface area (Å²) in [4.78, 5) is 15.8.